The smallest absolute Gasteiger partial charge is 0.137 e. The molecule has 1 atom stereocenters. The molecule has 3 rings (SSSR count). The molecule has 0 amide bonds. The Labute approximate surface area is 132 Å². The Kier molecular flexibility index (Phi) is 4.22. The van der Waals surface area contributed by atoms with E-state index in [1.54, 1.807) is 28.7 Å². The monoisotopic (exact) mass is 318 g/mol. The number of nitrogens with one attached hydrogen (secondary N) is 1. The van der Waals surface area contributed by atoms with Crippen LogP contribution in [0.25, 0.3) is 0 Å². The van der Waals surface area contributed by atoms with Crippen LogP contribution in [0, 0.1) is 0 Å². The first-order valence-electron chi connectivity index (χ1n) is 6.62. The van der Waals surface area contributed by atoms with E-state index in [0.717, 1.165) is 10.0 Å². The molecule has 0 fully saturated rings. The van der Waals surface area contributed by atoms with Gasteiger partial charge >= 0.3 is 0 Å². The molecule has 0 spiro atoms. The third-order valence-electron chi connectivity index (χ3n) is 3.21. The van der Waals surface area contributed by atoms with E-state index < -0.39 is 0 Å². The van der Waals surface area contributed by atoms with Crippen molar-refractivity contribution in [3.05, 3.63) is 63.8 Å². The molecule has 2 aromatic heterocycles. The Morgan fingerprint density at radius 2 is 2.29 bits per heavy atom. The molecule has 0 aliphatic heterocycles. The van der Waals surface area contributed by atoms with Crippen molar-refractivity contribution in [2.24, 2.45) is 0 Å². The van der Waals surface area contributed by atoms with Gasteiger partial charge in [-0.25, -0.2) is 9.67 Å². The third kappa shape index (κ3) is 3.62. The average molecular weight is 319 g/mol. The first-order chi connectivity index (χ1) is 10.2. The lowest BCUT2D eigenvalue weighted by Gasteiger charge is -2.15. The number of hydrogen-bond acceptors (Lipinski definition) is 4. The number of anilines is 1. The molecule has 0 saturated carbocycles. The average Bonchev–Trinajstić information content (AvgIpc) is 3.11. The van der Waals surface area contributed by atoms with E-state index in [-0.39, 0.29) is 6.04 Å². The van der Waals surface area contributed by atoms with E-state index in [4.69, 9.17) is 11.6 Å². The summed E-state index contributed by atoms with van der Waals surface area (Å²) in [5.74, 6) is 0. The lowest BCUT2D eigenvalue weighted by atomic mass is 10.1. The number of hydrogen-bond donors (Lipinski definition) is 1. The number of halogens is 1. The predicted octanol–water partition coefficient (Wildman–Crippen LogP) is 4.21. The molecule has 0 saturated heterocycles. The second-order valence-electron chi connectivity index (χ2n) is 4.84. The quantitative estimate of drug-likeness (QED) is 0.766. The summed E-state index contributed by atoms with van der Waals surface area (Å²) >= 11 is 7.54. The molecular formula is C15H15ClN4S. The summed E-state index contributed by atoms with van der Waals surface area (Å²) in [5, 5.41) is 9.70. The van der Waals surface area contributed by atoms with E-state index in [1.165, 1.54) is 11.1 Å². The maximum atomic E-state index is 5.99. The lowest BCUT2D eigenvalue weighted by molar-refractivity contribution is 0.685. The van der Waals surface area contributed by atoms with Crippen LogP contribution in [0.3, 0.4) is 0 Å². The van der Waals surface area contributed by atoms with Crippen LogP contribution in [-0.2, 0) is 6.54 Å². The van der Waals surface area contributed by atoms with Gasteiger partial charge in [-0.15, -0.1) is 11.3 Å². The van der Waals surface area contributed by atoms with E-state index in [0.29, 0.717) is 6.54 Å². The van der Waals surface area contributed by atoms with Gasteiger partial charge in [-0.1, -0.05) is 23.7 Å². The highest BCUT2D eigenvalue weighted by molar-refractivity contribution is 7.14. The standard InChI is InChI=1S/C15H15ClN4S/c1-11(13-6-15(16)21-8-13)19-14-4-2-3-12(5-14)7-20-10-17-9-18-20/h2-6,8-11,19H,7H2,1H3. The summed E-state index contributed by atoms with van der Waals surface area (Å²) in [5.41, 5.74) is 3.47. The zero-order valence-corrected chi connectivity index (χ0v) is 13.1. The van der Waals surface area contributed by atoms with Gasteiger partial charge in [-0.2, -0.15) is 5.10 Å². The van der Waals surface area contributed by atoms with Crippen molar-refractivity contribution in [2.45, 2.75) is 19.5 Å². The maximum absolute atomic E-state index is 5.99. The van der Waals surface area contributed by atoms with Gasteiger partial charge in [0.15, 0.2) is 0 Å². The molecule has 1 aromatic carbocycles. The normalized spacial score (nSPS) is 12.3. The van der Waals surface area contributed by atoms with Gasteiger partial charge in [0.05, 0.1) is 10.9 Å². The van der Waals surface area contributed by atoms with Crippen molar-refractivity contribution in [1.29, 1.82) is 0 Å². The van der Waals surface area contributed by atoms with E-state index >= 15 is 0 Å². The second-order valence-corrected chi connectivity index (χ2v) is 6.39. The Hall–Kier alpha value is -1.85. The summed E-state index contributed by atoms with van der Waals surface area (Å²) in [6.07, 6.45) is 3.26. The number of aromatic nitrogens is 3. The number of benzene rings is 1. The fourth-order valence-electron chi connectivity index (χ4n) is 2.14. The Morgan fingerprint density at radius 3 is 3.00 bits per heavy atom. The van der Waals surface area contributed by atoms with Crippen LogP contribution in [-0.4, -0.2) is 14.8 Å². The minimum Gasteiger partial charge on any atom is -0.378 e. The van der Waals surface area contributed by atoms with Crippen molar-refractivity contribution in [3.63, 3.8) is 0 Å². The van der Waals surface area contributed by atoms with Crippen molar-refractivity contribution >= 4 is 28.6 Å². The SMILES string of the molecule is CC(Nc1cccc(Cn2cncn2)c1)c1csc(Cl)c1. The summed E-state index contributed by atoms with van der Waals surface area (Å²) in [6, 6.07) is 10.5. The zero-order valence-electron chi connectivity index (χ0n) is 11.5. The topological polar surface area (TPSA) is 42.7 Å². The molecule has 1 N–H and O–H groups in total. The molecule has 0 bridgehead atoms. The molecule has 0 radical (unpaired) electrons. The van der Waals surface area contributed by atoms with Crippen molar-refractivity contribution in [3.8, 4) is 0 Å². The minimum absolute atomic E-state index is 0.218. The molecule has 6 heteroatoms. The van der Waals surface area contributed by atoms with Gasteiger partial charge in [0.2, 0.25) is 0 Å². The van der Waals surface area contributed by atoms with Crippen LogP contribution in [0.5, 0.6) is 0 Å². The minimum atomic E-state index is 0.218. The Balaban J connectivity index is 1.71. The van der Waals surface area contributed by atoms with Gasteiger partial charge in [0, 0.05) is 11.7 Å². The van der Waals surface area contributed by atoms with Crippen LogP contribution in [0.4, 0.5) is 5.69 Å². The Bertz CT molecular complexity index is 708. The van der Waals surface area contributed by atoms with Gasteiger partial charge in [-0.05, 0) is 41.6 Å². The van der Waals surface area contributed by atoms with Crippen LogP contribution < -0.4 is 5.32 Å². The van der Waals surface area contributed by atoms with Crippen LogP contribution >= 0.6 is 22.9 Å². The predicted molar refractivity (Wildman–Crippen MR) is 86.9 cm³/mol. The second kappa shape index (κ2) is 6.28. The van der Waals surface area contributed by atoms with Gasteiger partial charge in [0.25, 0.3) is 0 Å². The fourth-order valence-corrected chi connectivity index (χ4v) is 3.13. The van der Waals surface area contributed by atoms with Crippen LogP contribution in [0.15, 0.2) is 48.4 Å². The largest absolute Gasteiger partial charge is 0.378 e. The highest BCUT2D eigenvalue weighted by atomic mass is 35.5. The van der Waals surface area contributed by atoms with Crippen LogP contribution in [0.1, 0.15) is 24.1 Å². The molecule has 21 heavy (non-hydrogen) atoms. The molecule has 3 aromatic rings. The third-order valence-corrected chi connectivity index (χ3v) is 4.32. The van der Waals surface area contributed by atoms with Gasteiger partial charge in [-0.3, -0.25) is 0 Å². The summed E-state index contributed by atoms with van der Waals surface area (Å²) < 4.78 is 2.62. The molecule has 0 aliphatic rings. The zero-order chi connectivity index (χ0) is 14.7. The first-order valence-corrected chi connectivity index (χ1v) is 7.88. The highest BCUT2D eigenvalue weighted by Gasteiger charge is 2.08. The summed E-state index contributed by atoms with van der Waals surface area (Å²) in [6.45, 7) is 2.84. The summed E-state index contributed by atoms with van der Waals surface area (Å²) in [4.78, 5) is 3.96. The molecule has 2 heterocycles. The first kappa shape index (κ1) is 14.1. The van der Waals surface area contributed by atoms with E-state index in [1.807, 2.05) is 12.1 Å². The number of rotatable bonds is 5. The highest BCUT2D eigenvalue weighted by Crippen LogP contribution is 2.27. The van der Waals surface area contributed by atoms with Crippen molar-refractivity contribution in [2.75, 3.05) is 5.32 Å². The van der Waals surface area contributed by atoms with E-state index in [9.17, 15) is 0 Å². The Morgan fingerprint density at radius 1 is 1.38 bits per heavy atom. The molecule has 4 nitrogen and oxygen atoms in total. The fraction of sp³-hybridized carbons (Fsp3) is 0.200. The lowest BCUT2D eigenvalue weighted by Crippen LogP contribution is -2.06. The van der Waals surface area contributed by atoms with Gasteiger partial charge < -0.3 is 5.32 Å². The molecular weight excluding hydrogens is 304 g/mol. The van der Waals surface area contributed by atoms with Gasteiger partial charge in [0.1, 0.15) is 12.7 Å². The van der Waals surface area contributed by atoms with Crippen molar-refractivity contribution < 1.29 is 0 Å². The van der Waals surface area contributed by atoms with E-state index in [2.05, 4.69) is 45.9 Å². The maximum Gasteiger partial charge on any atom is 0.137 e. The molecule has 108 valence electrons. The number of thiophene rings is 1. The summed E-state index contributed by atoms with van der Waals surface area (Å²) in [7, 11) is 0. The van der Waals surface area contributed by atoms with Crippen LogP contribution in [0.2, 0.25) is 4.34 Å². The molecule has 1 unspecified atom stereocenters. The number of nitrogens with zero attached hydrogens (tertiary/aromatic N) is 3. The molecule has 0 aliphatic carbocycles. The van der Waals surface area contributed by atoms with Crippen molar-refractivity contribution in [1.82, 2.24) is 14.8 Å².